The van der Waals surface area contributed by atoms with E-state index < -0.39 is 0 Å². The summed E-state index contributed by atoms with van der Waals surface area (Å²) in [6.07, 6.45) is 3.12. The molecule has 0 spiro atoms. The van der Waals surface area contributed by atoms with Gasteiger partial charge < -0.3 is 10.3 Å². The van der Waals surface area contributed by atoms with Gasteiger partial charge in [-0.25, -0.2) is 0 Å². The quantitative estimate of drug-likeness (QED) is 0.718. The van der Waals surface area contributed by atoms with Crippen LogP contribution in [0.2, 0.25) is 0 Å². The summed E-state index contributed by atoms with van der Waals surface area (Å²) in [4.78, 5) is 3.31. The predicted molar refractivity (Wildman–Crippen MR) is 85.1 cm³/mol. The fourth-order valence-electron chi connectivity index (χ4n) is 2.89. The van der Waals surface area contributed by atoms with Gasteiger partial charge in [-0.15, -0.1) is 0 Å². The van der Waals surface area contributed by atoms with Crippen LogP contribution in [0.25, 0.3) is 10.9 Å². The molecule has 0 amide bonds. The number of hydrogen-bond acceptors (Lipinski definition) is 1. The van der Waals surface area contributed by atoms with Crippen LogP contribution in [-0.4, -0.2) is 18.6 Å². The summed E-state index contributed by atoms with van der Waals surface area (Å²) in [7, 11) is 2.01. The standard InChI is InChI=1S/C18H20N2/c1-19-12-10-15(14-6-3-2-4-7-14)16-8-5-9-18-17(16)11-13-20-18/h2-9,11,13,15,19-20H,10,12H2,1H3/t15-/m1/s1. The topological polar surface area (TPSA) is 27.8 Å². The number of H-pyrrole nitrogens is 1. The predicted octanol–water partition coefficient (Wildman–Crippen LogP) is 3.91. The normalized spacial score (nSPS) is 12.7. The van der Waals surface area contributed by atoms with Crippen LogP contribution < -0.4 is 5.32 Å². The minimum Gasteiger partial charge on any atom is -0.361 e. The zero-order chi connectivity index (χ0) is 13.8. The Morgan fingerprint density at radius 3 is 2.65 bits per heavy atom. The summed E-state index contributed by atoms with van der Waals surface area (Å²) in [5, 5.41) is 4.60. The van der Waals surface area contributed by atoms with E-state index in [1.54, 1.807) is 0 Å². The Hall–Kier alpha value is -2.06. The zero-order valence-electron chi connectivity index (χ0n) is 11.8. The molecular formula is C18H20N2. The molecule has 1 atom stereocenters. The molecule has 0 bridgehead atoms. The lowest BCUT2D eigenvalue weighted by Gasteiger charge is -2.19. The highest BCUT2D eigenvalue weighted by Gasteiger charge is 2.16. The number of benzene rings is 2. The van der Waals surface area contributed by atoms with Crippen molar-refractivity contribution >= 4 is 10.9 Å². The minimum atomic E-state index is 0.433. The highest BCUT2D eigenvalue weighted by molar-refractivity contribution is 5.83. The van der Waals surface area contributed by atoms with Gasteiger partial charge in [0, 0.05) is 23.0 Å². The highest BCUT2D eigenvalue weighted by Crippen LogP contribution is 2.32. The third-order valence-corrected chi connectivity index (χ3v) is 3.89. The largest absolute Gasteiger partial charge is 0.361 e. The van der Waals surface area contributed by atoms with Gasteiger partial charge in [0.05, 0.1) is 0 Å². The van der Waals surface area contributed by atoms with Crippen molar-refractivity contribution in [3.63, 3.8) is 0 Å². The van der Waals surface area contributed by atoms with Gasteiger partial charge in [-0.1, -0.05) is 42.5 Å². The van der Waals surface area contributed by atoms with Crippen molar-refractivity contribution in [3.8, 4) is 0 Å². The van der Waals surface area contributed by atoms with E-state index in [-0.39, 0.29) is 0 Å². The molecular weight excluding hydrogens is 244 g/mol. The molecule has 0 aliphatic carbocycles. The molecule has 20 heavy (non-hydrogen) atoms. The molecule has 102 valence electrons. The molecule has 2 heteroatoms. The third kappa shape index (κ3) is 2.47. The molecule has 0 radical (unpaired) electrons. The molecule has 1 aromatic heterocycles. The maximum atomic E-state index is 3.31. The molecule has 0 saturated heterocycles. The van der Waals surface area contributed by atoms with Crippen LogP contribution in [0.1, 0.15) is 23.5 Å². The van der Waals surface area contributed by atoms with E-state index in [0.717, 1.165) is 13.0 Å². The second kappa shape index (κ2) is 5.93. The Labute approximate surface area is 119 Å². The van der Waals surface area contributed by atoms with E-state index in [4.69, 9.17) is 0 Å². The first-order chi connectivity index (χ1) is 9.90. The smallest absolute Gasteiger partial charge is 0.0456 e. The van der Waals surface area contributed by atoms with E-state index in [2.05, 4.69) is 64.9 Å². The molecule has 1 heterocycles. The lowest BCUT2D eigenvalue weighted by molar-refractivity contribution is 0.664. The van der Waals surface area contributed by atoms with Crippen molar-refractivity contribution in [2.45, 2.75) is 12.3 Å². The fraction of sp³-hybridized carbons (Fsp3) is 0.222. The van der Waals surface area contributed by atoms with Crippen LogP contribution in [0, 0.1) is 0 Å². The van der Waals surface area contributed by atoms with Gasteiger partial charge in [-0.2, -0.15) is 0 Å². The van der Waals surface area contributed by atoms with Crippen LogP contribution in [-0.2, 0) is 0 Å². The van der Waals surface area contributed by atoms with Gasteiger partial charge in [0.25, 0.3) is 0 Å². The van der Waals surface area contributed by atoms with Crippen LogP contribution >= 0.6 is 0 Å². The summed E-state index contributed by atoms with van der Waals surface area (Å²) in [6, 6.07) is 19.5. The first-order valence-corrected chi connectivity index (χ1v) is 7.15. The summed E-state index contributed by atoms with van der Waals surface area (Å²) in [5.41, 5.74) is 4.01. The Balaban J connectivity index is 2.07. The highest BCUT2D eigenvalue weighted by atomic mass is 14.8. The van der Waals surface area contributed by atoms with E-state index in [9.17, 15) is 0 Å². The molecule has 2 nitrogen and oxygen atoms in total. The fourth-order valence-corrected chi connectivity index (χ4v) is 2.89. The van der Waals surface area contributed by atoms with Gasteiger partial charge in [0.2, 0.25) is 0 Å². The van der Waals surface area contributed by atoms with Crippen molar-refractivity contribution in [1.82, 2.24) is 10.3 Å². The van der Waals surface area contributed by atoms with E-state index in [1.165, 1.54) is 22.0 Å². The molecule has 3 rings (SSSR count). The molecule has 0 unspecified atom stereocenters. The zero-order valence-corrected chi connectivity index (χ0v) is 11.8. The Morgan fingerprint density at radius 2 is 1.85 bits per heavy atom. The summed E-state index contributed by atoms with van der Waals surface area (Å²) >= 11 is 0. The second-order valence-electron chi connectivity index (χ2n) is 5.14. The van der Waals surface area contributed by atoms with Crippen LogP contribution in [0.4, 0.5) is 0 Å². The molecule has 0 fully saturated rings. The summed E-state index contributed by atoms with van der Waals surface area (Å²) < 4.78 is 0. The molecule has 3 aromatic rings. The molecule has 0 aliphatic heterocycles. The van der Waals surface area contributed by atoms with E-state index >= 15 is 0 Å². The van der Waals surface area contributed by atoms with E-state index in [0.29, 0.717) is 5.92 Å². The van der Waals surface area contributed by atoms with Crippen molar-refractivity contribution in [3.05, 3.63) is 71.9 Å². The lowest BCUT2D eigenvalue weighted by atomic mass is 9.87. The van der Waals surface area contributed by atoms with Crippen molar-refractivity contribution in [2.75, 3.05) is 13.6 Å². The van der Waals surface area contributed by atoms with Gasteiger partial charge >= 0.3 is 0 Å². The van der Waals surface area contributed by atoms with Crippen molar-refractivity contribution < 1.29 is 0 Å². The molecule has 0 aliphatic rings. The van der Waals surface area contributed by atoms with Gasteiger partial charge in [0.15, 0.2) is 0 Å². The number of rotatable bonds is 5. The van der Waals surface area contributed by atoms with Crippen molar-refractivity contribution in [2.24, 2.45) is 0 Å². The summed E-state index contributed by atoms with van der Waals surface area (Å²) in [5.74, 6) is 0.433. The van der Waals surface area contributed by atoms with Crippen LogP contribution in [0.5, 0.6) is 0 Å². The average molecular weight is 264 g/mol. The maximum absolute atomic E-state index is 3.31. The van der Waals surface area contributed by atoms with Gasteiger partial charge in [-0.05, 0) is 43.3 Å². The first kappa shape index (κ1) is 12.9. The Morgan fingerprint density at radius 1 is 1.00 bits per heavy atom. The summed E-state index contributed by atoms with van der Waals surface area (Å²) in [6.45, 7) is 1.01. The number of nitrogens with one attached hydrogen (secondary N) is 2. The number of hydrogen-bond donors (Lipinski definition) is 2. The average Bonchev–Trinajstić information content (AvgIpc) is 2.98. The van der Waals surface area contributed by atoms with E-state index in [1.807, 2.05) is 13.2 Å². The molecule has 2 aromatic carbocycles. The van der Waals surface area contributed by atoms with Crippen LogP contribution in [0.3, 0.4) is 0 Å². The first-order valence-electron chi connectivity index (χ1n) is 7.15. The third-order valence-electron chi connectivity index (χ3n) is 3.89. The Kier molecular flexibility index (Phi) is 3.84. The van der Waals surface area contributed by atoms with Crippen molar-refractivity contribution in [1.29, 1.82) is 0 Å². The Bertz CT molecular complexity index is 670. The lowest BCUT2D eigenvalue weighted by Crippen LogP contribution is -2.13. The maximum Gasteiger partial charge on any atom is 0.0456 e. The SMILES string of the molecule is CNCC[C@H](c1ccccc1)c1cccc2[nH]ccc12. The van der Waals surface area contributed by atoms with Crippen LogP contribution in [0.15, 0.2) is 60.8 Å². The number of aromatic amines is 1. The monoisotopic (exact) mass is 264 g/mol. The number of aromatic nitrogens is 1. The van der Waals surface area contributed by atoms with Gasteiger partial charge in [0.1, 0.15) is 0 Å². The number of fused-ring (bicyclic) bond motifs is 1. The molecule has 2 N–H and O–H groups in total. The molecule has 0 saturated carbocycles. The van der Waals surface area contributed by atoms with Gasteiger partial charge in [-0.3, -0.25) is 0 Å². The second-order valence-corrected chi connectivity index (χ2v) is 5.14. The minimum absolute atomic E-state index is 0.433.